The van der Waals surface area contributed by atoms with Gasteiger partial charge in [-0.1, -0.05) is 44.2 Å². The standard InChI is InChI=1S/C18H20INO2/c1-12(2)13-6-8-14(9-7-13)17(21)11-20-18(22)15-4-3-5-16(19)10-15/h3-10,12,17,21H,11H2,1-2H3,(H,20,22). The van der Waals surface area contributed by atoms with E-state index in [0.717, 1.165) is 9.13 Å². The first kappa shape index (κ1) is 17.0. The average Bonchev–Trinajstić information content (AvgIpc) is 2.52. The van der Waals surface area contributed by atoms with Crippen LogP contribution in [-0.2, 0) is 0 Å². The third-order valence-electron chi connectivity index (χ3n) is 3.53. The van der Waals surface area contributed by atoms with E-state index in [1.54, 1.807) is 6.07 Å². The summed E-state index contributed by atoms with van der Waals surface area (Å²) in [4.78, 5) is 12.1. The maximum absolute atomic E-state index is 12.1. The van der Waals surface area contributed by atoms with Gasteiger partial charge in [0.05, 0.1) is 6.10 Å². The van der Waals surface area contributed by atoms with Crippen LogP contribution >= 0.6 is 22.6 Å². The van der Waals surface area contributed by atoms with Crippen molar-refractivity contribution in [3.05, 3.63) is 68.8 Å². The SMILES string of the molecule is CC(C)c1ccc(C(O)CNC(=O)c2cccc(I)c2)cc1. The molecule has 116 valence electrons. The lowest BCUT2D eigenvalue weighted by Gasteiger charge is -2.14. The third kappa shape index (κ3) is 4.55. The summed E-state index contributed by atoms with van der Waals surface area (Å²) in [5.74, 6) is 0.294. The average molecular weight is 409 g/mol. The van der Waals surface area contributed by atoms with Crippen molar-refractivity contribution in [2.45, 2.75) is 25.9 Å². The van der Waals surface area contributed by atoms with Gasteiger partial charge in [0.1, 0.15) is 0 Å². The molecule has 2 aromatic carbocycles. The number of rotatable bonds is 5. The second-order valence-electron chi connectivity index (χ2n) is 5.56. The van der Waals surface area contributed by atoms with Gasteiger partial charge in [-0.25, -0.2) is 0 Å². The minimum absolute atomic E-state index is 0.170. The lowest BCUT2D eigenvalue weighted by atomic mass is 10.00. The van der Waals surface area contributed by atoms with E-state index in [1.807, 2.05) is 42.5 Å². The molecular weight excluding hydrogens is 389 g/mol. The number of halogens is 1. The molecule has 0 aromatic heterocycles. The van der Waals surface area contributed by atoms with Crippen LogP contribution in [0.1, 0.15) is 47.4 Å². The first-order valence-electron chi connectivity index (χ1n) is 7.29. The van der Waals surface area contributed by atoms with Gasteiger partial charge >= 0.3 is 0 Å². The Morgan fingerprint density at radius 2 is 1.77 bits per heavy atom. The van der Waals surface area contributed by atoms with E-state index in [1.165, 1.54) is 5.56 Å². The zero-order valence-electron chi connectivity index (χ0n) is 12.7. The largest absolute Gasteiger partial charge is 0.387 e. The van der Waals surface area contributed by atoms with Gasteiger partial charge in [-0.05, 0) is 57.8 Å². The number of benzene rings is 2. The van der Waals surface area contributed by atoms with Gasteiger partial charge in [-0.2, -0.15) is 0 Å². The maximum Gasteiger partial charge on any atom is 0.251 e. The molecule has 1 atom stereocenters. The van der Waals surface area contributed by atoms with E-state index in [2.05, 4.69) is 41.8 Å². The van der Waals surface area contributed by atoms with Crippen LogP contribution in [0.4, 0.5) is 0 Å². The molecule has 0 saturated heterocycles. The summed E-state index contributed by atoms with van der Waals surface area (Å²) in [6.07, 6.45) is -0.701. The first-order valence-corrected chi connectivity index (χ1v) is 8.37. The van der Waals surface area contributed by atoms with Gasteiger partial charge in [-0.15, -0.1) is 0 Å². The Balaban J connectivity index is 1.94. The van der Waals surface area contributed by atoms with Crippen molar-refractivity contribution >= 4 is 28.5 Å². The summed E-state index contributed by atoms with van der Waals surface area (Å²) in [5.41, 5.74) is 2.65. The second-order valence-corrected chi connectivity index (χ2v) is 6.80. The van der Waals surface area contributed by atoms with Crippen LogP contribution < -0.4 is 5.32 Å². The van der Waals surface area contributed by atoms with Crippen LogP contribution in [0.3, 0.4) is 0 Å². The van der Waals surface area contributed by atoms with E-state index < -0.39 is 6.10 Å². The van der Waals surface area contributed by atoms with Gasteiger partial charge in [-0.3, -0.25) is 4.79 Å². The van der Waals surface area contributed by atoms with Crippen LogP contribution in [-0.4, -0.2) is 17.6 Å². The maximum atomic E-state index is 12.1. The molecule has 2 N–H and O–H groups in total. The lowest BCUT2D eigenvalue weighted by Crippen LogP contribution is -2.28. The molecule has 0 bridgehead atoms. The third-order valence-corrected chi connectivity index (χ3v) is 4.20. The molecule has 0 aliphatic heterocycles. The number of hydrogen-bond acceptors (Lipinski definition) is 2. The fourth-order valence-electron chi connectivity index (χ4n) is 2.14. The van der Waals surface area contributed by atoms with Gasteiger partial charge < -0.3 is 10.4 Å². The minimum atomic E-state index is -0.701. The Morgan fingerprint density at radius 1 is 1.14 bits per heavy atom. The highest BCUT2D eigenvalue weighted by molar-refractivity contribution is 14.1. The summed E-state index contributed by atoms with van der Waals surface area (Å²) < 4.78 is 1.01. The summed E-state index contributed by atoms with van der Waals surface area (Å²) >= 11 is 2.17. The van der Waals surface area contributed by atoms with Crippen LogP contribution in [0.25, 0.3) is 0 Å². The molecule has 2 aromatic rings. The van der Waals surface area contributed by atoms with Gasteiger partial charge in [0.25, 0.3) is 5.91 Å². The summed E-state index contributed by atoms with van der Waals surface area (Å²) in [6, 6.07) is 15.2. The van der Waals surface area contributed by atoms with Crippen LogP contribution in [0.15, 0.2) is 48.5 Å². The predicted molar refractivity (Wildman–Crippen MR) is 97.0 cm³/mol. The van der Waals surface area contributed by atoms with Gasteiger partial charge in [0.2, 0.25) is 0 Å². The van der Waals surface area contributed by atoms with E-state index >= 15 is 0 Å². The Labute approximate surface area is 144 Å². The van der Waals surface area contributed by atoms with E-state index in [4.69, 9.17) is 0 Å². The van der Waals surface area contributed by atoms with Crippen molar-refractivity contribution in [2.24, 2.45) is 0 Å². The summed E-state index contributed by atoms with van der Waals surface area (Å²) in [7, 11) is 0. The molecule has 0 saturated carbocycles. The summed E-state index contributed by atoms with van der Waals surface area (Å²) in [5, 5.41) is 13.0. The highest BCUT2D eigenvalue weighted by atomic mass is 127. The van der Waals surface area contributed by atoms with Crippen LogP contribution in [0, 0.1) is 3.57 Å². The normalized spacial score (nSPS) is 12.2. The number of aliphatic hydroxyl groups excluding tert-OH is 1. The van der Waals surface area contributed by atoms with Crippen LogP contribution in [0.5, 0.6) is 0 Å². The van der Waals surface area contributed by atoms with Gasteiger partial charge in [0, 0.05) is 15.7 Å². The highest BCUT2D eigenvalue weighted by Crippen LogP contribution is 2.18. The predicted octanol–water partition coefficient (Wildman–Crippen LogP) is 3.88. The second kappa shape index (κ2) is 7.74. The quantitative estimate of drug-likeness (QED) is 0.737. The number of carbonyl (C=O) groups is 1. The molecule has 0 fully saturated rings. The molecule has 0 spiro atoms. The molecule has 1 amide bonds. The van der Waals surface area contributed by atoms with Gasteiger partial charge in [0.15, 0.2) is 0 Å². The van der Waals surface area contributed by atoms with E-state index in [-0.39, 0.29) is 12.5 Å². The molecule has 0 radical (unpaired) electrons. The molecule has 3 nitrogen and oxygen atoms in total. The van der Waals surface area contributed by atoms with Crippen molar-refractivity contribution < 1.29 is 9.90 Å². The number of carbonyl (C=O) groups excluding carboxylic acids is 1. The summed E-state index contributed by atoms with van der Waals surface area (Å²) in [6.45, 7) is 4.46. The molecule has 2 rings (SSSR count). The number of aliphatic hydroxyl groups is 1. The van der Waals surface area contributed by atoms with Crippen molar-refractivity contribution in [3.63, 3.8) is 0 Å². The van der Waals surface area contributed by atoms with E-state index in [0.29, 0.717) is 11.5 Å². The monoisotopic (exact) mass is 409 g/mol. The van der Waals surface area contributed by atoms with Crippen molar-refractivity contribution in [3.8, 4) is 0 Å². The molecule has 0 aliphatic rings. The van der Waals surface area contributed by atoms with Crippen molar-refractivity contribution in [1.29, 1.82) is 0 Å². The number of nitrogens with one attached hydrogen (secondary N) is 1. The highest BCUT2D eigenvalue weighted by Gasteiger charge is 2.11. The fourth-order valence-corrected chi connectivity index (χ4v) is 2.69. The minimum Gasteiger partial charge on any atom is -0.387 e. The molecule has 1 unspecified atom stereocenters. The molecule has 22 heavy (non-hydrogen) atoms. The van der Waals surface area contributed by atoms with Crippen molar-refractivity contribution in [2.75, 3.05) is 6.54 Å². The van der Waals surface area contributed by atoms with E-state index in [9.17, 15) is 9.90 Å². The molecule has 0 aliphatic carbocycles. The van der Waals surface area contributed by atoms with Crippen molar-refractivity contribution in [1.82, 2.24) is 5.32 Å². The fraction of sp³-hybridized carbons (Fsp3) is 0.278. The molecular formula is C18H20INO2. The number of hydrogen-bond donors (Lipinski definition) is 2. The Bertz CT molecular complexity index is 638. The Hall–Kier alpha value is -1.40. The molecule has 4 heteroatoms. The lowest BCUT2D eigenvalue weighted by molar-refractivity contribution is 0.0916. The topological polar surface area (TPSA) is 49.3 Å². The zero-order valence-corrected chi connectivity index (χ0v) is 14.9. The Kier molecular flexibility index (Phi) is 5.97. The Morgan fingerprint density at radius 3 is 2.36 bits per heavy atom. The first-order chi connectivity index (χ1) is 10.5. The zero-order chi connectivity index (χ0) is 16.1. The smallest absolute Gasteiger partial charge is 0.251 e. The number of amides is 1. The molecule has 0 heterocycles. The van der Waals surface area contributed by atoms with Crippen LogP contribution in [0.2, 0.25) is 0 Å².